The predicted octanol–water partition coefficient (Wildman–Crippen LogP) is 5.59. The van der Waals surface area contributed by atoms with E-state index in [2.05, 4.69) is 24.1 Å². The van der Waals surface area contributed by atoms with Crippen molar-refractivity contribution in [3.05, 3.63) is 71.6 Å². The number of piperidine rings is 1. The summed E-state index contributed by atoms with van der Waals surface area (Å²) in [5.74, 6) is 1.85. The van der Waals surface area contributed by atoms with Gasteiger partial charge >= 0.3 is 0 Å². The van der Waals surface area contributed by atoms with E-state index in [9.17, 15) is 9.59 Å². The number of para-hydroxylation sites is 1. The van der Waals surface area contributed by atoms with Crippen molar-refractivity contribution < 1.29 is 14.0 Å². The van der Waals surface area contributed by atoms with Crippen LogP contribution >= 0.6 is 0 Å². The lowest BCUT2D eigenvalue weighted by Crippen LogP contribution is -2.42. The van der Waals surface area contributed by atoms with Gasteiger partial charge in [0.25, 0.3) is 11.8 Å². The molecule has 1 aliphatic carbocycles. The Labute approximate surface area is 194 Å². The van der Waals surface area contributed by atoms with Gasteiger partial charge in [-0.15, -0.1) is 0 Å². The molecule has 0 radical (unpaired) electrons. The molecule has 6 nitrogen and oxygen atoms in total. The number of amides is 2. The Bertz CT molecular complexity index is 1160. The highest BCUT2D eigenvalue weighted by Gasteiger charge is 2.34. The molecule has 5 rings (SSSR count). The third-order valence-corrected chi connectivity index (χ3v) is 6.40. The summed E-state index contributed by atoms with van der Waals surface area (Å²) in [6.45, 7) is 5.83. The second-order valence-corrected chi connectivity index (χ2v) is 9.53. The van der Waals surface area contributed by atoms with Crippen LogP contribution in [0.1, 0.15) is 65.6 Å². The Kier molecular flexibility index (Phi) is 5.75. The van der Waals surface area contributed by atoms with Crippen LogP contribution in [0.3, 0.4) is 0 Å². The average molecular weight is 444 g/mol. The van der Waals surface area contributed by atoms with E-state index in [0.29, 0.717) is 40.4 Å². The molecule has 1 aliphatic heterocycles. The van der Waals surface area contributed by atoms with Crippen molar-refractivity contribution in [1.82, 2.24) is 9.88 Å². The number of likely N-dealkylation sites (tertiary alicyclic amines) is 1. The first-order valence-electron chi connectivity index (χ1n) is 11.8. The van der Waals surface area contributed by atoms with E-state index in [0.717, 1.165) is 37.9 Å². The van der Waals surface area contributed by atoms with Crippen molar-refractivity contribution >= 4 is 17.5 Å². The number of aromatic nitrogens is 1. The van der Waals surface area contributed by atoms with Gasteiger partial charge in [0.2, 0.25) is 5.89 Å². The van der Waals surface area contributed by atoms with Gasteiger partial charge in [-0.1, -0.05) is 44.2 Å². The van der Waals surface area contributed by atoms with E-state index in [1.54, 1.807) is 12.1 Å². The first kappa shape index (κ1) is 21.4. The Morgan fingerprint density at radius 1 is 0.970 bits per heavy atom. The number of anilines is 1. The molecule has 2 fully saturated rings. The quantitative estimate of drug-likeness (QED) is 0.558. The molecule has 6 heteroatoms. The minimum atomic E-state index is -0.344. The van der Waals surface area contributed by atoms with Crippen LogP contribution in [0.2, 0.25) is 0 Å². The molecule has 2 unspecified atom stereocenters. The molecule has 2 heterocycles. The molecule has 2 atom stereocenters. The number of benzene rings is 2. The van der Waals surface area contributed by atoms with Crippen molar-refractivity contribution in [3.8, 4) is 11.5 Å². The second kappa shape index (κ2) is 8.85. The van der Waals surface area contributed by atoms with Gasteiger partial charge in [0.1, 0.15) is 5.76 Å². The number of carbonyl (C=O) groups is 2. The second-order valence-electron chi connectivity index (χ2n) is 9.53. The number of carbonyl (C=O) groups excluding carboxylic acids is 2. The van der Waals surface area contributed by atoms with E-state index in [1.807, 2.05) is 47.4 Å². The Balaban J connectivity index is 1.41. The van der Waals surface area contributed by atoms with Crippen molar-refractivity contribution in [2.24, 2.45) is 11.8 Å². The highest BCUT2D eigenvalue weighted by molar-refractivity contribution is 6.08. The fourth-order valence-corrected chi connectivity index (χ4v) is 4.78. The van der Waals surface area contributed by atoms with Gasteiger partial charge in [-0.05, 0) is 55.4 Å². The van der Waals surface area contributed by atoms with E-state index in [4.69, 9.17) is 4.42 Å². The van der Waals surface area contributed by atoms with Crippen LogP contribution in [0.5, 0.6) is 0 Å². The average Bonchev–Trinajstić information content (AvgIpc) is 3.56. The van der Waals surface area contributed by atoms with Gasteiger partial charge in [-0.25, -0.2) is 4.98 Å². The molecule has 0 bridgehead atoms. The summed E-state index contributed by atoms with van der Waals surface area (Å²) >= 11 is 0. The summed E-state index contributed by atoms with van der Waals surface area (Å²) in [5, 5.41) is 2.95. The fourth-order valence-electron chi connectivity index (χ4n) is 4.78. The molecule has 33 heavy (non-hydrogen) atoms. The number of nitrogens with one attached hydrogen (secondary N) is 1. The summed E-state index contributed by atoms with van der Waals surface area (Å²) in [6, 6.07) is 16.8. The predicted molar refractivity (Wildman–Crippen MR) is 127 cm³/mol. The van der Waals surface area contributed by atoms with Gasteiger partial charge in [0.05, 0.1) is 11.3 Å². The summed E-state index contributed by atoms with van der Waals surface area (Å²) in [4.78, 5) is 33.1. The highest BCUT2D eigenvalue weighted by Crippen LogP contribution is 2.43. The molecule has 2 amide bonds. The first-order valence-corrected chi connectivity index (χ1v) is 11.8. The van der Waals surface area contributed by atoms with E-state index < -0.39 is 0 Å². The molecule has 170 valence electrons. The van der Waals surface area contributed by atoms with Crippen LogP contribution < -0.4 is 5.32 Å². The lowest BCUT2D eigenvalue weighted by molar-refractivity contribution is 0.0624. The van der Waals surface area contributed by atoms with Gasteiger partial charge in [-0.3, -0.25) is 9.59 Å². The maximum atomic E-state index is 13.3. The summed E-state index contributed by atoms with van der Waals surface area (Å²) in [6.07, 6.45) is 3.11. The highest BCUT2D eigenvalue weighted by atomic mass is 16.4. The largest absolute Gasteiger partial charge is 0.440 e. The van der Waals surface area contributed by atoms with Gasteiger partial charge in [-0.2, -0.15) is 0 Å². The molecule has 1 saturated heterocycles. The number of nitrogens with zero attached hydrogens (tertiary/aromatic N) is 2. The number of oxazole rings is 1. The molecule has 2 aromatic carbocycles. The molecule has 1 saturated carbocycles. The molecular weight excluding hydrogens is 414 g/mol. The minimum Gasteiger partial charge on any atom is -0.440 e. The molecule has 3 aromatic rings. The maximum absolute atomic E-state index is 13.3. The molecule has 1 N–H and O–H groups in total. The smallest absolute Gasteiger partial charge is 0.277 e. The van der Waals surface area contributed by atoms with E-state index in [1.165, 1.54) is 0 Å². The number of hydrogen-bond acceptors (Lipinski definition) is 4. The van der Waals surface area contributed by atoms with Gasteiger partial charge in [0.15, 0.2) is 5.69 Å². The zero-order chi connectivity index (χ0) is 22.9. The SMILES string of the molecule is CC1CC(C)CN(C(=O)c2ccccc2NC(=O)c2nc(-c3ccccc3)oc2C2CC2)C1. The van der Waals surface area contributed by atoms with Crippen LogP contribution in [0.15, 0.2) is 59.0 Å². The third kappa shape index (κ3) is 4.56. The molecule has 2 aliphatic rings. The number of rotatable bonds is 5. The van der Waals surface area contributed by atoms with Crippen molar-refractivity contribution in [3.63, 3.8) is 0 Å². The van der Waals surface area contributed by atoms with Crippen molar-refractivity contribution in [2.45, 2.75) is 39.0 Å². The summed E-state index contributed by atoms with van der Waals surface area (Å²) < 4.78 is 6.03. The molecule has 1 aromatic heterocycles. The van der Waals surface area contributed by atoms with E-state index >= 15 is 0 Å². The topological polar surface area (TPSA) is 75.4 Å². The van der Waals surface area contributed by atoms with Crippen LogP contribution in [0.25, 0.3) is 11.5 Å². The zero-order valence-corrected chi connectivity index (χ0v) is 19.1. The maximum Gasteiger partial charge on any atom is 0.277 e. The van der Waals surface area contributed by atoms with Crippen molar-refractivity contribution in [2.75, 3.05) is 18.4 Å². The van der Waals surface area contributed by atoms with Crippen LogP contribution in [-0.2, 0) is 0 Å². The van der Waals surface area contributed by atoms with Gasteiger partial charge < -0.3 is 14.6 Å². The first-order chi connectivity index (χ1) is 16.0. The molecule has 0 spiro atoms. The van der Waals surface area contributed by atoms with Crippen LogP contribution in [0, 0.1) is 11.8 Å². The van der Waals surface area contributed by atoms with Crippen LogP contribution in [-0.4, -0.2) is 34.8 Å². The Morgan fingerprint density at radius 3 is 2.33 bits per heavy atom. The van der Waals surface area contributed by atoms with Crippen LogP contribution in [0.4, 0.5) is 5.69 Å². The van der Waals surface area contributed by atoms with Crippen molar-refractivity contribution in [1.29, 1.82) is 0 Å². The monoisotopic (exact) mass is 443 g/mol. The normalized spacial score (nSPS) is 20.5. The fraction of sp³-hybridized carbons (Fsp3) is 0.370. The molecular formula is C27H29N3O3. The number of hydrogen-bond donors (Lipinski definition) is 1. The Hall–Kier alpha value is -3.41. The summed E-state index contributed by atoms with van der Waals surface area (Å²) in [7, 11) is 0. The summed E-state index contributed by atoms with van der Waals surface area (Å²) in [5.41, 5.74) is 2.15. The van der Waals surface area contributed by atoms with Gasteiger partial charge in [0, 0.05) is 24.6 Å². The zero-order valence-electron chi connectivity index (χ0n) is 19.1. The minimum absolute atomic E-state index is 0.0446. The lowest BCUT2D eigenvalue weighted by atomic mass is 9.91. The van der Waals surface area contributed by atoms with E-state index in [-0.39, 0.29) is 17.7 Å². The third-order valence-electron chi connectivity index (χ3n) is 6.40. The standard InChI is InChI=1S/C27H29N3O3/c1-17-14-18(2)16-30(15-17)27(32)21-10-6-7-11-22(21)28-25(31)23-24(19-12-13-19)33-26(29-23)20-8-4-3-5-9-20/h3-11,17-19H,12-16H2,1-2H3,(H,28,31). The lowest BCUT2D eigenvalue weighted by Gasteiger charge is -2.35. The Morgan fingerprint density at radius 2 is 1.64 bits per heavy atom.